The topological polar surface area (TPSA) is 32.3 Å². The second-order valence-electron chi connectivity index (χ2n) is 4.85. The van der Waals surface area contributed by atoms with Gasteiger partial charge in [0.2, 0.25) is 5.91 Å². The molecule has 3 heteroatoms. The monoisotopic (exact) mass is 246 g/mol. The number of para-hydroxylation sites is 1. The van der Waals surface area contributed by atoms with Crippen LogP contribution in [0, 0.1) is 0 Å². The molecule has 98 valence electrons. The summed E-state index contributed by atoms with van der Waals surface area (Å²) in [4.78, 5) is 14.7. The standard InChI is InChI=1S/C15H22N2O/c1-3-15(11-8-12-16-15)14(18)17(4-2)13-9-6-5-7-10-13/h5-7,9-10,16H,3-4,8,11-12H2,1-2H3. The molecule has 1 aliphatic rings. The maximum Gasteiger partial charge on any atom is 0.247 e. The first kappa shape index (κ1) is 13.1. The average molecular weight is 246 g/mol. The number of benzene rings is 1. The molecule has 0 radical (unpaired) electrons. The first-order valence-corrected chi connectivity index (χ1v) is 6.85. The molecule has 0 saturated carbocycles. The molecule has 3 nitrogen and oxygen atoms in total. The lowest BCUT2D eigenvalue weighted by Gasteiger charge is -2.33. The number of hydrogen-bond acceptors (Lipinski definition) is 2. The van der Waals surface area contributed by atoms with Crippen LogP contribution in [0.5, 0.6) is 0 Å². The summed E-state index contributed by atoms with van der Waals surface area (Å²) in [6.45, 7) is 5.79. The van der Waals surface area contributed by atoms with Gasteiger partial charge >= 0.3 is 0 Å². The SMILES string of the molecule is CCN(C(=O)C1(CC)CCCN1)c1ccccc1. The van der Waals surface area contributed by atoms with Crippen molar-refractivity contribution in [3.8, 4) is 0 Å². The second kappa shape index (κ2) is 5.53. The van der Waals surface area contributed by atoms with Gasteiger partial charge in [-0.3, -0.25) is 4.79 Å². The summed E-state index contributed by atoms with van der Waals surface area (Å²) >= 11 is 0. The zero-order valence-electron chi connectivity index (χ0n) is 11.3. The Labute approximate surface area is 109 Å². The van der Waals surface area contributed by atoms with Crippen molar-refractivity contribution in [3.05, 3.63) is 30.3 Å². The van der Waals surface area contributed by atoms with Gasteiger partial charge in [0, 0.05) is 12.2 Å². The van der Waals surface area contributed by atoms with Crippen molar-refractivity contribution in [2.75, 3.05) is 18.0 Å². The highest BCUT2D eigenvalue weighted by Crippen LogP contribution is 2.27. The minimum atomic E-state index is -0.341. The molecule has 0 aliphatic carbocycles. The molecule has 1 aliphatic heterocycles. The molecule has 0 aromatic heterocycles. The molecule has 1 aromatic rings. The minimum Gasteiger partial charge on any atom is -0.311 e. The molecule has 18 heavy (non-hydrogen) atoms. The van der Waals surface area contributed by atoms with E-state index in [1.807, 2.05) is 42.2 Å². The Morgan fingerprint density at radius 2 is 2.06 bits per heavy atom. The third kappa shape index (κ3) is 2.27. The largest absolute Gasteiger partial charge is 0.311 e. The first-order valence-electron chi connectivity index (χ1n) is 6.85. The molecule has 1 atom stereocenters. The Balaban J connectivity index is 2.25. The van der Waals surface area contributed by atoms with Gasteiger partial charge in [-0.2, -0.15) is 0 Å². The van der Waals surface area contributed by atoms with Crippen LogP contribution in [0.2, 0.25) is 0 Å². The number of carbonyl (C=O) groups is 1. The Hall–Kier alpha value is -1.35. The van der Waals surface area contributed by atoms with Gasteiger partial charge < -0.3 is 10.2 Å². The molecule has 1 aromatic carbocycles. The van der Waals surface area contributed by atoms with Gasteiger partial charge in [0.25, 0.3) is 0 Å². The Morgan fingerprint density at radius 1 is 1.33 bits per heavy atom. The van der Waals surface area contributed by atoms with E-state index in [1.165, 1.54) is 0 Å². The number of amides is 1. The van der Waals surface area contributed by atoms with Crippen molar-refractivity contribution in [2.24, 2.45) is 0 Å². The van der Waals surface area contributed by atoms with Crippen molar-refractivity contribution >= 4 is 11.6 Å². The summed E-state index contributed by atoms with van der Waals surface area (Å²) in [6.07, 6.45) is 2.90. The highest BCUT2D eigenvalue weighted by Gasteiger charge is 2.41. The summed E-state index contributed by atoms with van der Waals surface area (Å²) in [5.41, 5.74) is 0.651. The van der Waals surface area contributed by atoms with Gasteiger partial charge in [0.1, 0.15) is 0 Å². The predicted molar refractivity (Wildman–Crippen MR) is 74.7 cm³/mol. The quantitative estimate of drug-likeness (QED) is 0.885. The summed E-state index contributed by atoms with van der Waals surface area (Å²) in [7, 11) is 0. The third-order valence-corrected chi connectivity index (χ3v) is 3.89. The highest BCUT2D eigenvalue weighted by molar-refractivity contribution is 6.00. The Kier molecular flexibility index (Phi) is 4.02. The predicted octanol–water partition coefficient (Wildman–Crippen LogP) is 2.57. The molecular weight excluding hydrogens is 224 g/mol. The lowest BCUT2D eigenvalue weighted by atomic mass is 9.92. The van der Waals surface area contributed by atoms with Crippen LogP contribution >= 0.6 is 0 Å². The van der Waals surface area contributed by atoms with Crippen molar-refractivity contribution < 1.29 is 4.79 Å². The van der Waals surface area contributed by atoms with Crippen LogP contribution in [-0.4, -0.2) is 24.5 Å². The summed E-state index contributed by atoms with van der Waals surface area (Å²) in [5.74, 6) is 0.219. The van der Waals surface area contributed by atoms with Crippen LogP contribution in [-0.2, 0) is 4.79 Å². The lowest BCUT2D eigenvalue weighted by Crippen LogP contribution is -2.54. The fourth-order valence-electron chi connectivity index (χ4n) is 2.75. The smallest absolute Gasteiger partial charge is 0.247 e. The zero-order chi connectivity index (χ0) is 13.0. The van der Waals surface area contributed by atoms with Crippen LogP contribution in [0.15, 0.2) is 30.3 Å². The maximum atomic E-state index is 12.8. The number of anilines is 1. The fourth-order valence-corrected chi connectivity index (χ4v) is 2.75. The van der Waals surface area contributed by atoms with Crippen LogP contribution in [0.1, 0.15) is 33.1 Å². The summed E-state index contributed by atoms with van der Waals surface area (Å²) in [5, 5.41) is 3.41. The lowest BCUT2D eigenvalue weighted by molar-refractivity contribution is -0.124. The van der Waals surface area contributed by atoms with E-state index in [2.05, 4.69) is 12.2 Å². The number of rotatable bonds is 4. The van der Waals surface area contributed by atoms with E-state index in [0.717, 1.165) is 31.5 Å². The molecule has 1 fully saturated rings. The minimum absolute atomic E-state index is 0.219. The van der Waals surface area contributed by atoms with E-state index in [1.54, 1.807) is 0 Å². The molecule has 1 amide bonds. The van der Waals surface area contributed by atoms with Crippen molar-refractivity contribution in [3.63, 3.8) is 0 Å². The molecule has 1 heterocycles. The Morgan fingerprint density at radius 3 is 2.56 bits per heavy atom. The number of likely N-dealkylation sites (N-methyl/N-ethyl adjacent to an activating group) is 1. The number of hydrogen-bond donors (Lipinski definition) is 1. The molecule has 1 unspecified atom stereocenters. The second-order valence-corrected chi connectivity index (χ2v) is 4.85. The normalized spacial score (nSPS) is 23.0. The van der Waals surface area contributed by atoms with Crippen LogP contribution in [0.4, 0.5) is 5.69 Å². The van der Waals surface area contributed by atoms with Gasteiger partial charge in [0.15, 0.2) is 0 Å². The van der Waals surface area contributed by atoms with Gasteiger partial charge in [-0.1, -0.05) is 25.1 Å². The number of nitrogens with zero attached hydrogens (tertiary/aromatic N) is 1. The number of nitrogens with one attached hydrogen (secondary N) is 1. The maximum absolute atomic E-state index is 12.8. The van der Waals surface area contributed by atoms with Crippen molar-refractivity contribution in [1.29, 1.82) is 0 Å². The van der Waals surface area contributed by atoms with Gasteiger partial charge in [0.05, 0.1) is 5.54 Å². The molecule has 1 N–H and O–H groups in total. The van der Waals surface area contributed by atoms with E-state index >= 15 is 0 Å². The first-order chi connectivity index (χ1) is 8.73. The molecule has 2 rings (SSSR count). The van der Waals surface area contributed by atoms with Gasteiger partial charge in [-0.25, -0.2) is 0 Å². The van der Waals surface area contributed by atoms with Crippen molar-refractivity contribution in [2.45, 2.75) is 38.6 Å². The summed E-state index contributed by atoms with van der Waals surface area (Å²) < 4.78 is 0. The van der Waals surface area contributed by atoms with E-state index < -0.39 is 0 Å². The molecule has 1 saturated heterocycles. The van der Waals surface area contributed by atoms with E-state index in [0.29, 0.717) is 6.54 Å². The van der Waals surface area contributed by atoms with Gasteiger partial charge in [-0.15, -0.1) is 0 Å². The molecule has 0 spiro atoms. The van der Waals surface area contributed by atoms with Crippen molar-refractivity contribution in [1.82, 2.24) is 5.32 Å². The van der Waals surface area contributed by atoms with Crippen LogP contribution in [0.25, 0.3) is 0 Å². The summed E-state index contributed by atoms with van der Waals surface area (Å²) in [6, 6.07) is 9.93. The fraction of sp³-hybridized carbons (Fsp3) is 0.533. The number of carbonyl (C=O) groups excluding carboxylic acids is 1. The zero-order valence-corrected chi connectivity index (χ0v) is 11.3. The van der Waals surface area contributed by atoms with Gasteiger partial charge in [-0.05, 0) is 44.9 Å². The average Bonchev–Trinajstić information content (AvgIpc) is 2.91. The van der Waals surface area contributed by atoms with Crippen LogP contribution < -0.4 is 10.2 Å². The van der Waals surface area contributed by atoms with Crippen LogP contribution in [0.3, 0.4) is 0 Å². The Bertz CT molecular complexity index is 396. The van der Waals surface area contributed by atoms with E-state index in [4.69, 9.17) is 0 Å². The highest BCUT2D eigenvalue weighted by atomic mass is 16.2. The van der Waals surface area contributed by atoms with E-state index in [-0.39, 0.29) is 11.4 Å². The molecular formula is C15H22N2O. The molecule has 0 bridgehead atoms. The third-order valence-electron chi connectivity index (χ3n) is 3.89. The van der Waals surface area contributed by atoms with E-state index in [9.17, 15) is 4.79 Å².